The van der Waals surface area contributed by atoms with E-state index in [1.807, 2.05) is 24.3 Å². The summed E-state index contributed by atoms with van der Waals surface area (Å²) in [5, 5.41) is 8.46. The first-order chi connectivity index (χ1) is 15.7. The van der Waals surface area contributed by atoms with Crippen LogP contribution in [0, 0.1) is 0 Å². The lowest BCUT2D eigenvalue weighted by Crippen LogP contribution is -2.47. The quantitative estimate of drug-likeness (QED) is 0.524. The van der Waals surface area contributed by atoms with E-state index < -0.39 is 0 Å². The Balaban J connectivity index is 1.15. The predicted molar refractivity (Wildman–Crippen MR) is 125 cm³/mol. The van der Waals surface area contributed by atoms with Crippen LogP contribution in [0.1, 0.15) is 18.4 Å². The Morgan fingerprint density at radius 1 is 0.875 bits per heavy atom. The second-order valence-electron chi connectivity index (χ2n) is 9.18. The number of likely N-dealkylation sites (tertiary alicyclic amines) is 1. The summed E-state index contributed by atoms with van der Waals surface area (Å²) >= 11 is 0. The average molecular weight is 432 g/mol. The summed E-state index contributed by atoms with van der Waals surface area (Å²) in [5.74, 6) is 1.49. The molecule has 0 spiro atoms. The largest absolute Gasteiger partial charge is 0.456 e. The molecular formula is C25H29N5O2. The van der Waals surface area contributed by atoms with Crippen molar-refractivity contribution in [1.29, 1.82) is 0 Å². The molecule has 3 aromatic rings. The van der Waals surface area contributed by atoms with Crippen LogP contribution in [0.2, 0.25) is 0 Å². The fraction of sp³-hybridized carbons (Fsp3) is 0.440. The number of H-pyrrole nitrogens is 1. The van der Waals surface area contributed by atoms with E-state index in [9.17, 15) is 4.79 Å². The van der Waals surface area contributed by atoms with Crippen LogP contribution in [-0.2, 0) is 6.54 Å². The fourth-order valence-electron chi connectivity index (χ4n) is 5.25. The van der Waals surface area contributed by atoms with E-state index in [2.05, 4.69) is 37.0 Å². The van der Waals surface area contributed by atoms with Crippen molar-refractivity contribution in [3.05, 3.63) is 52.3 Å². The third kappa shape index (κ3) is 3.70. The van der Waals surface area contributed by atoms with Crippen LogP contribution in [0.25, 0.3) is 22.0 Å². The van der Waals surface area contributed by atoms with Gasteiger partial charge in [0.25, 0.3) is 5.56 Å². The fourth-order valence-corrected chi connectivity index (χ4v) is 5.25. The first kappa shape index (κ1) is 19.9. The topological polar surface area (TPSA) is 64.7 Å². The van der Waals surface area contributed by atoms with Gasteiger partial charge in [0.05, 0.1) is 10.8 Å². The minimum Gasteiger partial charge on any atom is -0.456 e. The number of rotatable bonds is 5. The summed E-state index contributed by atoms with van der Waals surface area (Å²) in [6, 6.07) is 11.9. The average Bonchev–Trinajstić information content (AvgIpc) is 3.34. The van der Waals surface area contributed by atoms with E-state index in [0.29, 0.717) is 11.1 Å². The summed E-state index contributed by atoms with van der Waals surface area (Å²) in [4.78, 5) is 20.0. The number of aromatic amines is 1. The molecule has 2 saturated heterocycles. The molecule has 0 saturated carbocycles. The molecule has 0 aliphatic carbocycles. The number of benzene rings is 2. The third-order valence-corrected chi connectivity index (χ3v) is 7.10. The minimum absolute atomic E-state index is 0.184. The highest BCUT2D eigenvalue weighted by Crippen LogP contribution is 2.44. The molecule has 0 bridgehead atoms. The minimum atomic E-state index is -0.184. The van der Waals surface area contributed by atoms with Crippen molar-refractivity contribution in [2.24, 2.45) is 0 Å². The van der Waals surface area contributed by atoms with Gasteiger partial charge in [0.15, 0.2) is 0 Å². The van der Waals surface area contributed by atoms with Crippen molar-refractivity contribution in [3.8, 4) is 22.8 Å². The van der Waals surface area contributed by atoms with E-state index >= 15 is 0 Å². The molecule has 4 heterocycles. The molecule has 3 aliphatic heterocycles. The van der Waals surface area contributed by atoms with Crippen molar-refractivity contribution in [3.63, 3.8) is 0 Å². The monoisotopic (exact) mass is 431 g/mol. The summed E-state index contributed by atoms with van der Waals surface area (Å²) in [6.45, 7) is 10.3. The van der Waals surface area contributed by atoms with Crippen molar-refractivity contribution in [2.45, 2.75) is 19.4 Å². The van der Waals surface area contributed by atoms with Gasteiger partial charge in [0.2, 0.25) is 0 Å². The lowest BCUT2D eigenvalue weighted by Gasteiger charge is -2.35. The van der Waals surface area contributed by atoms with Gasteiger partial charge in [-0.15, -0.1) is 0 Å². The second-order valence-corrected chi connectivity index (χ2v) is 9.18. The van der Waals surface area contributed by atoms with E-state index in [-0.39, 0.29) is 5.56 Å². The number of aromatic nitrogens is 2. The first-order valence-corrected chi connectivity index (χ1v) is 11.7. The number of nitrogens with one attached hydrogen (secondary N) is 1. The molecule has 7 nitrogen and oxygen atoms in total. The van der Waals surface area contributed by atoms with Gasteiger partial charge in [-0.3, -0.25) is 14.6 Å². The maximum absolute atomic E-state index is 12.2. The number of hydrogen-bond donors (Lipinski definition) is 1. The van der Waals surface area contributed by atoms with Gasteiger partial charge < -0.3 is 9.64 Å². The highest BCUT2D eigenvalue weighted by atomic mass is 16.5. The molecule has 7 heteroatoms. The first-order valence-electron chi connectivity index (χ1n) is 11.7. The zero-order valence-corrected chi connectivity index (χ0v) is 18.3. The Morgan fingerprint density at radius 2 is 1.62 bits per heavy atom. The van der Waals surface area contributed by atoms with Crippen LogP contribution in [-0.4, -0.2) is 77.3 Å². The highest BCUT2D eigenvalue weighted by Gasteiger charge is 2.24. The molecule has 0 unspecified atom stereocenters. The lowest BCUT2D eigenvalue weighted by atomic mass is 9.99. The molecule has 32 heavy (non-hydrogen) atoms. The standard InChI is InChI=1S/C25H29N5O2/c31-25-19-4-3-5-22-23(19)24(26-27-25)20-16-18(6-7-21(20)32-22)17-30-14-12-29(13-15-30)11-10-28-8-1-2-9-28/h3-7,16H,1-2,8-15,17H2,(H,27,31). The molecule has 3 aliphatic rings. The molecule has 0 amide bonds. The van der Waals surface area contributed by atoms with E-state index in [4.69, 9.17) is 4.74 Å². The Hall–Kier alpha value is -2.74. The number of nitrogens with zero attached hydrogens (tertiary/aromatic N) is 4. The summed E-state index contributed by atoms with van der Waals surface area (Å²) in [7, 11) is 0. The van der Waals surface area contributed by atoms with E-state index in [1.165, 1.54) is 44.6 Å². The van der Waals surface area contributed by atoms with Crippen LogP contribution in [0.4, 0.5) is 0 Å². The number of hydrogen-bond acceptors (Lipinski definition) is 6. The predicted octanol–water partition coefficient (Wildman–Crippen LogP) is 2.91. The third-order valence-electron chi connectivity index (χ3n) is 7.10. The van der Waals surface area contributed by atoms with Gasteiger partial charge in [-0.1, -0.05) is 12.1 Å². The normalized spacial score (nSPS) is 19.2. The van der Waals surface area contributed by atoms with Gasteiger partial charge in [0.1, 0.15) is 17.2 Å². The summed E-state index contributed by atoms with van der Waals surface area (Å²) in [6.07, 6.45) is 2.73. The smallest absolute Gasteiger partial charge is 0.272 e. The molecule has 6 rings (SSSR count). The highest BCUT2D eigenvalue weighted by molar-refractivity contribution is 6.01. The number of piperazine rings is 1. The van der Waals surface area contributed by atoms with Crippen LogP contribution in [0.15, 0.2) is 41.2 Å². The van der Waals surface area contributed by atoms with Gasteiger partial charge in [-0.25, -0.2) is 5.10 Å². The van der Waals surface area contributed by atoms with Crippen LogP contribution < -0.4 is 10.3 Å². The molecule has 1 aromatic heterocycles. The van der Waals surface area contributed by atoms with Crippen LogP contribution in [0.5, 0.6) is 11.5 Å². The summed E-state index contributed by atoms with van der Waals surface area (Å²) < 4.78 is 6.12. The molecular weight excluding hydrogens is 402 g/mol. The van der Waals surface area contributed by atoms with Gasteiger partial charge in [0, 0.05) is 51.4 Å². The lowest BCUT2D eigenvalue weighted by molar-refractivity contribution is 0.117. The van der Waals surface area contributed by atoms with Crippen molar-refractivity contribution < 1.29 is 4.74 Å². The van der Waals surface area contributed by atoms with Crippen molar-refractivity contribution in [1.82, 2.24) is 24.9 Å². The zero-order valence-electron chi connectivity index (χ0n) is 18.3. The number of fused-ring (bicyclic) bond motifs is 2. The Morgan fingerprint density at radius 3 is 2.44 bits per heavy atom. The molecule has 0 atom stereocenters. The summed E-state index contributed by atoms with van der Waals surface area (Å²) in [5.41, 5.74) is 2.81. The molecule has 1 N–H and O–H groups in total. The Bertz CT molecular complexity index is 1190. The van der Waals surface area contributed by atoms with Crippen molar-refractivity contribution >= 4 is 10.8 Å². The SMILES string of the molecule is O=c1[nH]nc2c3c(cccc13)Oc1ccc(CN3CCN(CCN4CCCC4)CC3)cc1-2. The van der Waals surface area contributed by atoms with E-state index in [1.54, 1.807) is 0 Å². The van der Waals surface area contributed by atoms with E-state index in [0.717, 1.165) is 55.1 Å². The van der Waals surface area contributed by atoms with Gasteiger partial charge >= 0.3 is 0 Å². The Kier molecular flexibility index (Phi) is 5.17. The second kappa shape index (κ2) is 8.31. The number of ether oxygens (including phenoxy) is 1. The zero-order chi connectivity index (χ0) is 21.5. The molecule has 166 valence electrons. The van der Waals surface area contributed by atoms with Crippen LogP contribution in [0.3, 0.4) is 0 Å². The molecule has 0 radical (unpaired) electrons. The van der Waals surface area contributed by atoms with Crippen LogP contribution >= 0.6 is 0 Å². The maximum Gasteiger partial charge on any atom is 0.272 e. The van der Waals surface area contributed by atoms with Gasteiger partial charge in [-0.2, -0.15) is 5.10 Å². The molecule has 2 fully saturated rings. The van der Waals surface area contributed by atoms with Crippen molar-refractivity contribution in [2.75, 3.05) is 52.4 Å². The maximum atomic E-state index is 12.2. The van der Waals surface area contributed by atoms with Gasteiger partial charge in [-0.05, 0) is 55.8 Å². The molecule has 2 aromatic carbocycles. The Labute approximate surface area is 187 Å².